The molecule has 41 heavy (non-hydrogen) atoms. The molecule has 2 amide bonds. The predicted molar refractivity (Wildman–Crippen MR) is 151 cm³/mol. The predicted octanol–water partition coefficient (Wildman–Crippen LogP) is 6.05. The van der Waals surface area contributed by atoms with Crippen LogP contribution in [0, 0.1) is 0 Å². The van der Waals surface area contributed by atoms with Crippen LogP contribution in [0.15, 0.2) is 66.7 Å². The van der Waals surface area contributed by atoms with E-state index in [9.17, 15) is 19.2 Å². The quantitative estimate of drug-likeness (QED) is 0.359. The molecular weight excluding hydrogens is 524 g/mol. The number of benzene rings is 3. The minimum Gasteiger partial charge on any atom is -0.493 e. The first kappa shape index (κ1) is 27.9. The normalized spacial score (nSPS) is 17.0. The highest BCUT2D eigenvalue weighted by Crippen LogP contribution is 2.37. The zero-order valence-corrected chi connectivity index (χ0v) is 22.9. The molecule has 3 aromatic carbocycles. The monoisotopic (exact) mass is 556 g/mol. The van der Waals surface area contributed by atoms with E-state index in [0.29, 0.717) is 59.9 Å². The first-order chi connectivity index (χ1) is 19.9. The number of ether oxygens (including phenoxy) is 3. The van der Waals surface area contributed by atoms with Crippen molar-refractivity contribution in [1.29, 1.82) is 0 Å². The van der Waals surface area contributed by atoms with E-state index in [2.05, 4.69) is 5.32 Å². The molecule has 1 atom stereocenters. The van der Waals surface area contributed by atoms with Crippen LogP contribution in [0.5, 0.6) is 17.2 Å². The first-order valence-corrected chi connectivity index (χ1v) is 13.8. The highest BCUT2D eigenvalue weighted by atomic mass is 16.5. The topological polar surface area (TPSA) is 111 Å². The van der Waals surface area contributed by atoms with Crippen molar-refractivity contribution in [2.24, 2.45) is 0 Å². The number of carbonyl (C=O) groups excluding carboxylic acids is 4. The van der Waals surface area contributed by atoms with E-state index >= 15 is 0 Å². The number of hydrogen-bond acceptors (Lipinski definition) is 7. The summed E-state index contributed by atoms with van der Waals surface area (Å²) in [7, 11) is 0. The summed E-state index contributed by atoms with van der Waals surface area (Å²) in [6, 6.07) is 19.2. The van der Waals surface area contributed by atoms with Gasteiger partial charge in [-0.05, 0) is 61.7 Å². The van der Waals surface area contributed by atoms with Crippen LogP contribution in [-0.4, -0.2) is 41.1 Å². The molecule has 5 rings (SSSR count). The van der Waals surface area contributed by atoms with Crippen LogP contribution >= 0.6 is 0 Å². The third-order valence-corrected chi connectivity index (χ3v) is 7.19. The minimum absolute atomic E-state index is 0.0171. The molecule has 3 aromatic rings. The summed E-state index contributed by atoms with van der Waals surface area (Å²) in [6.07, 6.45) is 1.16. The third kappa shape index (κ3) is 6.57. The molecule has 1 N–H and O–H groups in total. The maximum absolute atomic E-state index is 13.6. The van der Waals surface area contributed by atoms with E-state index in [1.807, 2.05) is 37.3 Å². The molecule has 2 aliphatic rings. The van der Waals surface area contributed by atoms with Crippen molar-refractivity contribution < 1.29 is 33.4 Å². The molecule has 9 nitrogen and oxygen atoms in total. The molecule has 1 fully saturated rings. The SMILES string of the molecule is CCOc1c(COC(=O)Nc2ccc(Oc3ccccc3)cc2)ccc2c1C(=O)N(C1CCC(=O)CCCC1=O)C2. The van der Waals surface area contributed by atoms with Gasteiger partial charge in [0.15, 0.2) is 5.78 Å². The summed E-state index contributed by atoms with van der Waals surface area (Å²) in [5, 5.41) is 2.69. The summed E-state index contributed by atoms with van der Waals surface area (Å²) < 4.78 is 17.1. The van der Waals surface area contributed by atoms with Crippen LogP contribution < -0.4 is 14.8 Å². The van der Waals surface area contributed by atoms with E-state index in [1.165, 1.54) is 0 Å². The van der Waals surface area contributed by atoms with Gasteiger partial charge in [-0.1, -0.05) is 30.3 Å². The maximum atomic E-state index is 13.6. The molecule has 0 bridgehead atoms. The van der Waals surface area contributed by atoms with Crippen LogP contribution in [0.2, 0.25) is 0 Å². The largest absolute Gasteiger partial charge is 0.493 e. The van der Waals surface area contributed by atoms with Crippen molar-refractivity contribution >= 4 is 29.3 Å². The van der Waals surface area contributed by atoms with Crippen LogP contribution in [0.1, 0.15) is 60.5 Å². The number of rotatable bonds is 8. The smallest absolute Gasteiger partial charge is 0.411 e. The van der Waals surface area contributed by atoms with Crippen molar-refractivity contribution in [3.8, 4) is 17.2 Å². The first-order valence-electron chi connectivity index (χ1n) is 13.8. The van der Waals surface area contributed by atoms with E-state index in [4.69, 9.17) is 14.2 Å². The number of para-hydroxylation sites is 1. The average Bonchev–Trinajstić information content (AvgIpc) is 3.29. The zero-order chi connectivity index (χ0) is 28.8. The standard InChI is InChI=1S/C32H32N2O7/c1-2-39-30-22(20-40-32(38)33-23-13-16-26(17-14-23)41-25-8-4-3-5-9-25)12-11-21-19-34(31(37)29(21)30)27-18-15-24(35)7-6-10-28(27)36/h3-5,8-9,11-14,16-17,27H,2,6-7,10,15,18-20H2,1H3,(H,33,38). The van der Waals surface area contributed by atoms with Gasteiger partial charge < -0.3 is 19.1 Å². The molecule has 1 heterocycles. The lowest BCUT2D eigenvalue weighted by Gasteiger charge is -2.28. The molecule has 1 unspecified atom stereocenters. The van der Waals surface area contributed by atoms with Gasteiger partial charge in [-0.2, -0.15) is 0 Å². The molecule has 1 aliphatic heterocycles. The molecule has 0 spiro atoms. The number of anilines is 1. The molecular formula is C32H32N2O7. The molecule has 0 aromatic heterocycles. The fourth-order valence-electron chi connectivity index (χ4n) is 5.17. The molecule has 1 aliphatic carbocycles. The van der Waals surface area contributed by atoms with E-state index in [1.54, 1.807) is 41.3 Å². The summed E-state index contributed by atoms with van der Waals surface area (Å²) in [5.74, 6) is 1.48. The Bertz CT molecular complexity index is 1440. The summed E-state index contributed by atoms with van der Waals surface area (Å²) in [4.78, 5) is 52.6. The minimum atomic E-state index is -0.664. The Labute approximate surface area is 238 Å². The van der Waals surface area contributed by atoms with Gasteiger partial charge in [0.2, 0.25) is 0 Å². The molecule has 0 saturated heterocycles. The summed E-state index contributed by atoms with van der Waals surface area (Å²) in [5.41, 5.74) is 2.19. The van der Waals surface area contributed by atoms with E-state index < -0.39 is 12.1 Å². The fraction of sp³-hybridized carbons (Fsp3) is 0.312. The van der Waals surface area contributed by atoms with Crippen LogP contribution in [0.4, 0.5) is 10.5 Å². The Morgan fingerprint density at radius 1 is 0.927 bits per heavy atom. The van der Waals surface area contributed by atoms with Crippen LogP contribution in [-0.2, 0) is 27.5 Å². The second kappa shape index (κ2) is 12.7. The lowest BCUT2D eigenvalue weighted by atomic mass is 9.94. The van der Waals surface area contributed by atoms with E-state index in [-0.39, 0.29) is 43.5 Å². The molecule has 0 radical (unpaired) electrons. The van der Waals surface area contributed by atoms with Crippen molar-refractivity contribution in [3.63, 3.8) is 0 Å². The van der Waals surface area contributed by atoms with Gasteiger partial charge in [0.25, 0.3) is 5.91 Å². The Morgan fingerprint density at radius 2 is 1.68 bits per heavy atom. The lowest BCUT2D eigenvalue weighted by molar-refractivity contribution is -0.126. The summed E-state index contributed by atoms with van der Waals surface area (Å²) in [6.45, 7) is 2.26. The van der Waals surface area contributed by atoms with Crippen LogP contribution in [0.3, 0.4) is 0 Å². The second-order valence-corrected chi connectivity index (χ2v) is 10.0. The lowest BCUT2D eigenvalue weighted by Crippen LogP contribution is -2.42. The Kier molecular flexibility index (Phi) is 8.62. The maximum Gasteiger partial charge on any atom is 0.411 e. The average molecular weight is 557 g/mol. The molecule has 1 saturated carbocycles. The number of fused-ring (bicyclic) bond motifs is 1. The number of amides is 2. The Morgan fingerprint density at radius 3 is 2.44 bits per heavy atom. The number of carbonyl (C=O) groups is 4. The third-order valence-electron chi connectivity index (χ3n) is 7.19. The molecule has 9 heteroatoms. The van der Waals surface area contributed by atoms with Gasteiger partial charge in [-0.25, -0.2) is 4.79 Å². The number of Topliss-reactive ketones (excluding diaryl/α,β-unsaturated/α-hetero) is 2. The number of hydrogen-bond donors (Lipinski definition) is 1. The Balaban J connectivity index is 1.24. The van der Waals surface area contributed by atoms with Gasteiger partial charge in [0.1, 0.15) is 29.6 Å². The zero-order valence-electron chi connectivity index (χ0n) is 22.9. The fourth-order valence-corrected chi connectivity index (χ4v) is 5.17. The van der Waals surface area contributed by atoms with E-state index in [0.717, 1.165) is 5.56 Å². The van der Waals surface area contributed by atoms with Crippen molar-refractivity contribution in [2.45, 2.75) is 58.2 Å². The van der Waals surface area contributed by atoms with Gasteiger partial charge in [-0.15, -0.1) is 0 Å². The summed E-state index contributed by atoms with van der Waals surface area (Å²) >= 11 is 0. The van der Waals surface area contributed by atoms with Gasteiger partial charge in [0, 0.05) is 37.1 Å². The Hall–Kier alpha value is -4.66. The van der Waals surface area contributed by atoms with Crippen molar-refractivity contribution in [3.05, 3.63) is 83.4 Å². The number of nitrogens with one attached hydrogen (secondary N) is 1. The highest BCUT2D eigenvalue weighted by Gasteiger charge is 2.39. The number of ketones is 2. The number of nitrogens with zero attached hydrogens (tertiary/aromatic N) is 1. The molecule has 212 valence electrons. The highest BCUT2D eigenvalue weighted by molar-refractivity contribution is 6.04. The van der Waals surface area contributed by atoms with Crippen LogP contribution in [0.25, 0.3) is 0 Å². The van der Waals surface area contributed by atoms with Crippen molar-refractivity contribution in [1.82, 2.24) is 4.90 Å². The van der Waals surface area contributed by atoms with Gasteiger partial charge >= 0.3 is 6.09 Å². The van der Waals surface area contributed by atoms with Gasteiger partial charge in [0.05, 0.1) is 18.2 Å². The van der Waals surface area contributed by atoms with Gasteiger partial charge in [-0.3, -0.25) is 19.7 Å². The second-order valence-electron chi connectivity index (χ2n) is 10.0. The van der Waals surface area contributed by atoms with Crippen molar-refractivity contribution in [2.75, 3.05) is 11.9 Å².